The van der Waals surface area contributed by atoms with Crippen LogP contribution in [0.2, 0.25) is 0 Å². The number of fused-ring (bicyclic) bond motifs is 9. The molecule has 2 aromatic carbocycles. The van der Waals surface area contributed by atoms with E-state index < -0.39 is 31.1 Å². The number of carbonyl (C=O) groups excluding carboxylic acids is 1. The van der Waals surface area contributed by atoms with E-state index >= 15 is 0 Å². The summed E-state index contributed by atoms with van der Waals surface area (Å²) >= 11 is 0. The number of hydrogen-bond donors (Lipinski definition) is 0. The number of rotatable bonds is 2. The minimum Gasteiger partial charge on any atom is -0.433 e. The van der Waals surface area contributed by atoms with Gasteiger partial charge in [-0.1, -0.05) is 12.0 Å². The lowest BCUT2D eigenvalue weighted by molar-refractivity contribution is -0.158. The third-order valence-electron chi connectivity index (χ3n) is 5.40. The summed E-state index contributed by atoms with van der Waals surface area (Å²) in [5.41, 5.74) is 2.17. The highest BCUT2D eigenvalue weighted by molar-refractivity contribution is 5.97. The predicted octanol–water partition coefficient (Wildman–Crippen LogP) is 4.13. The molecule has 1 amide bonds. The van der Waals surface area contributed by atoms with Crippen LogP contribution in [-0.2, 0) is 0 Å². The van der Waals surface area contributed by atoms with Crippen LogP contribution in [0, 0.1) is 12.3 Å². The molecule has 0 fully saturated rings. The highest BCUT2D eigenvalue weighted by atomic mass is 19.3. The first-order valence-electron chi connectivity index (χ1n) is 10.5. The van der Waals surface area contributed by atoms with E-state index in [0.717, 1.165) is 4.90 Å². The van der Waals surface area contributed by atoms with Gasteiger partial charge in [-0.05, 0) is 24.3 Å². The third kappa shape index (κ3) is 2.52. The molecule has 3 aromatic rings. The normalized spacial score (nSPS) is 22.2. The SMILES string of the molecule is [2H]C([2H])([2H])N1C(=O)c2cccc(C#C)c2[C@H]2C[C@@H]1c1nc3ccc(OC(C)(F)F)cc3n12. The highest BCUT2D eigenvalue weighted by Gasteiger charge is 2.44. The second-order valence-corrected chi connectivity index (χ2v) is 7.25. The first-order chi connectivity index (χ1) is 15.0. The summed E-state index contributed by atoms with van der Waals surface area (Å²) in [6.45, 7) is -2.07. The maximum absolute atomic E-state index is 13.4. The minimum absolute atomic E-state index is 0.0545. The van der Waals surface area contributed by atoms with Gasteiger partial charge in [0.05, 0.1) is 23.1 Å². The maximum atomic E-state index is 13.4. The van der Waals surface area contributed by atoms with Crippen LogP contribution in [0.1, 0.15) is 56.8 Å². The van der Waals surface area contributed by atoms with Crippen LogP contribution in [0.3, 0.4) is 0 Å². The van der Waals surface area contributed by atoms with Gasteiger partial charge in [0.25, 0.3) is 5.91 Å². The summed E-state index contributed by atoms with van der Waals surface area (Å²) in [5, 5.41) is 0. The Hall–Kier alpha value is -3.40. The van der Waals surface area contributed by atoms with E-state index in [4.69, 9.17) is 15.3 Å². The second kappa shape index (κ2) is 5.80. The number of ether oxygens (including phenoxy) is 1. The number of hydrogen-bond acceptors (Lipinski definition) is 3. The molecule has 2 atom stereocenters. The van der Waals surface area contributed by atoms with E-state index in [1.807, 2.05) is 0 Å². The molecule has 2 aliphatic heterocycles. The van der Waals surface area contributed by atoms with E-state index in [-0.39, 0.29) is 17.7 Å². The maximum Gasteiger partial charge on any atom is 0.394 e. The Balaban J connectivity index is 1.81. The van der Waals surface area contributed by atoms with Crippen LogP contribution in [0.15, 0.2) is 36.4 Å². The summed E-state index contributed by atoms with van der Waals surface area (Å²) < 4.78 is 57.4. The summed E-state index contributed by atoms with van der Waals surface area (Å²) in [5.74, 6) is 2.26. The molecule has 0 N–H and O–H groups in total. The molecule has 0 spiro atoms. The lowest BCUT2D eigenvalue weighted by Gasteiger charge is -2.24. The van der Waals surface area contributed by atoms with Crippen molar-refractivity contribution in [2.75, 3.05) is 6.98 Å². The van der Waals surface area contributed by atoms with Crippen molar-refractivity contribution in [2.45, 2.75) is 31.5 Å². The quantitative estimate of drug-likeness (QED) is 0.612. The van der Waals surface area contributed by atoms with Crippen molar-refractivity contribution < 1.29 is 22.4 Å². The van der Waals surface area contributed by atoms with Gasteiger partial charge in [0, 0.05) is 47.2 Å². The molecular formula is C22H17F2N3O2. The number of aromatic nitrogens is 2. The molecule has 3 heterocycles. The molecule has 7 heteroatoms. The molecular weight excluding hydrogens is 376 g/mol. The molecule has 0 aliphatic carbocycles. The first-order valence-corrected chi connectivity index (χ1v) is 9.01. The van der Waals surface area contributed by atoms with Crippen molar-refractivity contribution in [3.05, 3.63) is 58.9 Å². The van der Waals surface area contributed by atoms with E-state index in [2.05, 4.69) is 10.9 Å². The molecule has 0 saturated heterocycles. The Morgan fingerprint density at radius 2 is 2.17 bits per heavy atom. The molecule has 2 bridgehead atoms. The predicted molar refractivity (Wildman–Crippen MR) is 103 cm³/mol. The summed E-state index contributed by atoms with van der Waals surface area (Å²) in [6.07, 6.45) is 2.59. The number of benzene rings is 2. The standard InChI is InChI=1S/C22H17F2N3O2/c1-4-12-6-5-7-14-19(12)17-11-18(26(3)21(14)28)20-25-15-9-8-13(29-22(2,23)24)10-16(15)27(17)20/h1,5-10,17-18H,11H2,2-3H3/t17-,18-/m1/s1/i3D3. The summed E-state index contributed by atoms with van der Waals surface area (Å²) in [6, 6.07) is 7.89. The molecule has 1 aromatic heterocycles. The topological polar surface area (TPSA) is 47.4 Å². The van der Waals surface area contributed by atoms with Crippen LogP contribution < -0.4 is 4.74 Å². The van der Waals surface area contributed by atoms with E-state index in [1.165, 1.54) is 18.2 Å². The van der Waals surface area contributed by atoms with Gasteiger partial charge in [-0.15, -0.1) is 6.42 Å². The smallest absolute Gasteiger partial charge is 0.394 e. The van der Waals surface area contributed by atoms with Crippen molar-refractivity contribution in [1.82, 2.24) is 14.5 Å². The van der Waals surface area contributed by atoms with E-state index in [1.54, 1.807) is 22.8 Å². The monoisotopic (exact) mass is 396 g/mol. The Kier molecular flexibility index (Phi) is 2.92. The molecule has 5 rings (SSSR count). The fraction of sp³-hybridized carbons (Fsp3) is 0.273. The number of amides is 1. The zero-order valence-corrected chi connectivity index (χ0v) is 15.3. The van der Waals surface area contributed by atoms with Gasteiger partial charge >= 0.3 is 6.11 Å². The fourth-order valence-electron chi connectivity index (χ4n) is 4.32. The van der Waals surface area contributed by atoms with Crippen molar-refractivity contribution in [1.29, 1.82) is 0 Å². The van der Waals surface area contributed by atoms with Crippen molar-refractivity contribution >= 4 is 16.9 Å². The van der Waals surface area contributed by atoms with Crippen LogP contribution in [-0.4, -0.2) is 33.4 Å². The zero-order chi connectivity index (χ0) is 23.0. The Bertz CT molecular complexity index is 1320. The van der Waals surface area contributed by atoms with Crippen LogP contribution in [0.4, 0.5) is 8.78 Å². The first kappa shape index (κ1) is 14.6. The van der Waals surface area contributed by atoms with Gasteiger partial charge in [-0.3, -0.25) is 4.79 Å². The highest BCUT2D eigenvalue weighted by Crippen LogP contribution is 2.48. The molecule has 2 aliphatic rings. The Morgan fingerprint density at radius 3 is 2.90 bits per heavy atom. The molecule has 5 nitrogen and oxygen atoms in total. The summed E-state index contributed by atoms with van der Waals surface area (Å²) in [4.78, 5) is 18.8. The van der Waals surface area contributed by atoms with Crippen LogP contribution in [0.25, 0.3) is 11.0 Å². The Labute approximate surface area is 170 Å². The van der Waals surface area contributed by atoms with Crippen molar-refractivity contribution in [3.8, 4) is 18.1 Å². The molecule has 0 radical (unpaired) electrons. The van der Waals surface area contributed by atoms with E-state index in [9.17, 15) is 13.6 Å². The van der Waals surface area contributed by atoms with Gasteiger partial charge < -0.3 is 14.2 Å². The van der Waals surface area contributed by atoms with Gasteiger partial charge in [-0.25, -0.2) is 4.98 Å². The number of halogens is 2. The van der Waals surface area contributed by atoms with Crippen LogP contribution >= 0.6 is 0 Å². The minimum atomic E-state index is -3.37. The fourth-order valence-corrected chi connectivity index (χ4v) is 4.32. The number of alkyl halides is 2. The van der Waals surface area contributed by atoms with E-state index in [0.29, 0.717) is 34.9 Å². The molecule has 0 unspecified atom stereocenters. The van der Waals surface area contributed by atoms with Gasteiger partial charge in [0.15, 0.2) is 0 Å². The zero-order valence-electron chi connectivity index (χ0n) is 18.3. The van der Waals surface area contributed by atoms with Gasteiger partial charge in [0.1, 0.15) is 11.6 Å². The molecule has 146 valence electrons. The second-order valence-electron chi connectivity index (χ2n) is 7.25. The number of terminal acetylenes is 1. The number of carbonyl (C=O) groups is 1. The Morgan fingerprint density at radius 1 is 1.34 bits per heavy atom. The average molecular weight is 396 g/mol. The lowest BCUT2D eigenvalue weighted by Crippen LogP contribution is -2.30. The number of nitrogens with zero attached hydrogens (tertiary/aromatic N) is 3. The van der Waals surface area contributed by atoms with Crippen molar-refractivity contribution in [2.24, 2.45) is 0 Å². The summed E-state index contributed by atoms with van der Waals surface area (Å²) in [7, 11) is 0. The van der Waals surface area contributed by atoms with Crippen LogP contribution in [0.5, 0.6) is 5.75 Å². The van der Waals surface area contributed by atoms with Gasteiger partial charge in [-0.2, -0.15) is 8.78 Å². The third-order valence-corrected chi connectivity index (χ3v) is 5.40. The molecule has 29 heavy (non-hydrogen) atoms. The molecule has 0 saturated carbocycles. The van der Waals surface area contributed by atoms with Gasteiger partial charge in [0.2, 0.25) is 0 Å². The number of imidazole rings is 1. The largest absolute Gasteiger partial charge is 0.433 e. The lowest BCUT2D eigenvalue weighted by atomic mass is 9.94. The average Bonchev–Trinajstić information content (AvgIpc) is 3.18. The van der Waals surface area contributed by atoms with Crippen molar-refractivity contribution in [3.63, 3.8) is 0 Å².